The van der Waals surface area contributed by atoms with Crippen LogP contribution >= 0.6 is 12.6 Å². The monoisotopic (exact) mass is 283 g/mol. The lowest BCUT2D eigenvalue weighted by Crippen LogP contribution is -2.16. The molecule has 0 aromatic carbocycles. The van der Waals surface area contributed by atoms with E-state index in [9.17, 15) is 9.59 Å². The Hall–Kier alpha value is -1.56. The Morgan fingerprint density at radius 2 is 1.79 bits per heavy atom. The molecule has 0 aliphatic carbocycles. The van der Waals surface area contributed by atoms with Gasteiger partial charge in [-0.05, 0) is 37.0 Å². The lowest BCUT2D eigenvalue weighted by Gasteiger charge is -2.15. The number of nitrogens with zero attached hydrogens (tertiary/aromatic N) is 1. The molecule has 0 aliphatic heterocycles. The maximum absolute atomic E-state index is 11.0. The van der Waals surface area contributed by atoms with Gasteiger partial charge in [0, 0.05) is 24.1 Å². The van der Waals surface area contributed by atoms with Crippen LogP contribution < -0.4 is 0 Å². The molecule has 1 aromatic rings. The SMILES string of the molecule is O=C(O)CCC(CCC(S)c1ccncc1)C(=O)O. The van der Waals surface area contributed by atoms with Gasteiger partial charge in [0.1, 0.15) is 0 Å². The second kappa shape index (κ2) is 7.78. The Balaban J connectivity index is 2.47. The molecular formula is C13H17NO4S. The van der Waals surface area contributed by atoms with Crippen LogP contribution in [-0.4, -0.2) is 27.1 Å². The van der Waals surface area contributed by atoms with Crippen molar-refractivity contribution in [1.82, 2.24) is 4.98 Å². The van der Waals surface area contributed by atoms with Gasteiger partial charge in [-0.3, -0.25) is 14.6 Å². The van der Waals surface area contributed by atoms with Gasteiger partial charge in [0.2, 0.25) is 0 Å². The molecule has 104 valence electrons. The summed E-state index contributed by atoms with van der Waals surface area (Å²) in [6.07, 6.45) is 4.36. The van der Waals surface area contributed by atoms with Crippen molar-refractivity contribution in [1.29, 1.82) is 0 Å². The van der Waals surface area contributed by atoms with Crippen LogP contribution in [0, 0.1) is 5.92 Å². The number of carboxylic acid groups (broad SMARTS) is 2. The normalized spacial score (nSPS) is 13.7. The molecule has 0 saturated carbocycles. The minimum Gasteiger partial charge on any atom is -0.481 e. The predicted octanol–water partition coefficient (Wildman–Crippen LogP) is 2.40. The Morgan fingerprint density at radius 3 is 2.32 bits per heavy atom. The van der Waals surface area contributed by atoms with Gasteiger partial charge in [0.05, 0.1) is 5.92 Å². The number of carbonyl (C=O) groups is 2. The minimum absolute atomic E-state index is 0.0605. The third kappa shape index (κ3) is 5.74. The third-order valence-corrected chi connectivity index (χ3v) is 3.49. The third-order valence-electron chi connectivity index (χ3n) is 2.94. The summed E-state index contributed by atoms with van der Waals surface area (Å²) in [5.74, 6) is -2.55. The molecule has 5 nitrogen and oxygen atoms in total. The molecule has 2 atom stereocenters. The average molecular weight is 283 g/mol. The molecule has 6 heteroatoms. The molecule has 19 heavy (non-hydrogen) atoms. The first-order valence-electron chi connectivity index (χ1n) is 6.03. The highest BCUT2D eigenvalue weighted by molar-refractivity contribution is 7.80. The van der Waals surface area contributed by atoms with E-state index in [0.29, 0.717) is 12.8 Å². The van der Waals surface area contributed by atoms with Gasteiger partial charge in [-0.15, -0.1) is 0 Å². The van der Waals surface area contributed by atoms with Gasteiger partial charge in [-0.2, -0.15) is 12.6 Å². The van der Waals surface area contributed by atoms with E-state index in [2.05, 4.69) is 17.6 Å². The zero-order valence-electron chi connectivity index (χ0n) is 10.4. The van der Waals surface area contributed by atoms with Crippen LogP contribution in [0.2, 0.25) is 0 Å². The van der Waals surface area contributed by atoms with Crippen molar-refractivity contribution in [3.05, 3.63) is 30.1 Å². The second-order valence-electron chi connectivity index (χ2n) is 4.34. The van der Waals surface area contributed by atoms with E-state index in [1.165, 1.54) is 0 Å². The molecular weight excluding hydrogens is 266 g/mol. The van der Waals surface area contributed by atoms with Crippen LogP contribution in [0.15, 0.2) is 24.5 Å². The molecule has 1 aromatic heterocycles. The van der Waals surface area contributed by atoms with Crippen molar-refractivity contribution in [2.75, 3.05) is 0 Å². The molecule has 0 bridgehead atoms. The van der Waals surface area contributed by atoms with Crippen molar-refractivity contribution in [2.45, 2.75) is 30.9 Å². The van der Waals surface area contributed by atoms with Crippen LogP contribution in [0.3, 0.4) is 0 Å². The molecule has 1 heterocycles. The molecule has 0 fully saturated rings. The smallest absolute Gasteiger partial charge is 0.306 e. The average Bonchev–Trinajstić information content (AvgIpc) is 2.38. The van der Waals surface area contributed by atoms with Crippen molar-refractivity contribution < 1.29 is 19.8 Å². The molecule has 1 rings (SSSR count). The van der Waals surface area contributed by atoms with Crippen LogP contribution in [0.1, 0.15) is 36.5 Å². The summed E-state index contributed by atoms with van der Waals surface area (Å²) in [6.45, 7) is 0. The standard InChI is InChI=1S/C13H17NO4S/c15-12(16)4-2-10(13(17)18)1-3-11(19)9-5-7-14-8-6-9/h5-8,10-11,19H,1-4H2,(H,15,16)(H,17,18). The van der Waals surface area contributed by atoms with Crippen molar-refractivity contribution >= 4 is 24.6 Å². The summed E-state index contributed by atoms with van der Waals surface area (Å²) in [6, 6.07) is 3.68. The number of hydrogen-bond acceptors (Lipinski definition) is 4. The van der Waals surface area contributed by atoms with Gasteiger partial charge in [0.15, 0.2) is 0 Å². The Bertz CT molecular complexity index is 424. The van der Waals surface area contributed by atoms with E-state index in [1.54, 1.807) is 12.4 Å². The highest BCUT2D eigenvalue weighted by Gasteiger charge is 2.20. The lowest BCUT2D eigenvalue weighted by atomic mass is 9.95. The Morgan fingerprint density at radius 1 is 1.16 bits per heavy atom. The fraction of sp³-hybridized carbons (Fsp3) is 0.462. The van der Waals surface area contributed by atoms with E-state index >= 15 is 0 Å². The molecule has 0 aliphatic rings. The van der Waals surface area contributed by atoms with Gasteiger partial charge >= 0.3 is 11.9 Å². The van der Waals surface area contributed by atoms with Crippen LogP contribution in [-0.2, 0) is 9.59 Å². The van der Waals surface area contributed by atoms with E-state index in [4.69, 9.17) is 10.2 Å². The number of aliphatic carboxylic acids is 2. The van der Waals surface area contributed by atoms with Gasteiger partial charge in [-0.1, -0.05) is 0 Å². The predicted molar refractivity (Wildman–Crippen MR) is 73.2 cm³/mol. The quantitative estimate of drug-likeness (QED) is 0.638. The van der Waals surface area contributed by atoms with E-state index in [0.717, 1.165) is 5.56 Å². The number of rotatable bonds is 8. The number of carboxylic acids is 2. The zero-order chi connectivity index (χ0) is 14.3. The molecule has 2 N–H and O–H groups in total. The van der Waals surface area contributed by atoms with Crippen molar-refractivity contribution in [3.63, 3.8) is 0 Å². The Labute approximate surface area is 117 Å². The lowest BCUT2D eigenvalue weighted by molar-refractivity contribution is -0.143. The molecule has 0 amide bonds. The summed E-state index contributed by atoms with van der Waals surface area (Å²) in [7, 11) is 0. The van der Waals surface area contributed by atoms with Crippen LogP contribution in [0.5, 0.6) is 0 Å². The first-order chi connectivity index (χ1) is 9.00. The first kappa shape index (κ1) is 15.5. The van der Waals surface area contributed by atoms with Gasteiger partial charge < -0.3 is 10.2 Å². The number of hydrogen-bond donors (Lipinski definition) is 3. The van der Waals surface area contributed by atoms with Crippen LogP contribution in [0.25, 0.3) is 0 Å². The highest BCUT2D eigenvalue weighted by Crippen LogP contribution is 2.27. The maximum Gasteiger partial charge on any atom is 0.306 e. The number of aromatic nitrogens is 1. The molecule has 2 unspecified atom stereocenters. The molecule has 0 spiro atoms. The first-order valence-corrected chi connectivity index (χ1v) is 6.55. The van der Waals surface area contributed by atoms with Crippen molar-refractivity contribution in [3.8, 4) is 0 Å². The summed E-state index contributed by atoms with van der Waals surface area (Å²) in [5, 5.41) is 17.6. The number of thiol groups is 1. The fourth-order valence-electron chi connectivity index (χ4n) is 1.80. The number of pyridine rings is 1. The summed E-state index contributed by atoms with van der Waals surface area (Å²) < 4.78 is 0. The summed E-state index contributed by atoms with van der Waals surface area (Å²) >= 11 is 4.43. The topological polar surface area (TPSA) is 87.5 Å². The van der Waals surface area contributed by atoms with E-state index in [1.807, 2.05) is 12.1 Å². The highest BCUT2D eigenvalue weighted by atomic mass is 32.1. The van der Waals surface area contributed by atoms with Gasteiger partial charge in [-0.25, -0.2) is 0 Å². The summed E-state index contributed by atoms with van der Waals surface area (Å²) in [4.78, 5) is 25.4. The fourth-order valence-corrected chi connectivity index (χ4v) is 2.12. The van der Waals surface area contributed by atoms with Gasteiger partial charge in [0.25, 0.3) is 0 Å². The largest absolute Gasteiger partial charge is 0.481 e. The maximum atomic E-state index is 11.0. The molecule has 0 radical (unpaired) electrons. The van der Waals surface area contributed by atoms with E-state index in [-0.39, 0.29) is 18.1 Å². The Kier molecular flexibility index (Phi) is 6.35. The van der Waals surface area contributed by atoms with E-state index < -0.39 is 17.9 Å². The van der Waals surface area contributed by atoms with Crippen LogP contribution in [0.4, 0.5) is 0 Å². The minimum atomic E-state index is -0.970. The summed E-state index contributed by atoms with van der Waals surface area (Å²) in [5.41, 5.74) is 0.987. The second-order valence-corrected chi connectivity index (χ2v) is 4.96. The molecule has 0 saturated heterocycles. The van der Waals surface area contributed by atoms with Crippen molar-refractivity contribution in [2.24, 2.45) is 5.92 Å². The zero-order valence-corrected chi connectivity index (χ0v) is 11.3.